The van der Waals surface area contributed by atoms with Crippen molar-refractivity contribution in [1.29, 1.82) is 0 Å². The molecule has 7 heteroatoms. The zero-order valence-corrected chi connectivity index (χ0v) is 16.6. The molecule has 0 spiro atoms. The lowest BCUT2D eigenvalue weighted by molar-refractivity contribution is 0.0469. The summed E-state index contributed by atoms with van der Waals surface area (Å²) in [4.78, 5) is 17.2. The van der Waals surface area contributed by atoms with Crippen LogP contribution in [0.25, 0.3) is 0 Å². The molecule has 2 N–H and O–H groups in total. The molecule has 0 radical (unpaired) electrons. The Kier molecular flexibility index (Phi) is 6.93. The number of carbonyl (C=O) groups excluding carboxylic acids is 1. The Morgan fingerprint density at radius 2 is 2.11 bits per heavy atom. The normalized spacial score (nSPS) is 18.9. The van der Waals surface area contributed by atoms with E-state index in [0.717, 1.165) is 25.7 Å². The first-order valence-corrected chi connectivity index (χ1v) is 9.90. The van der Waals surface area contributed by atoms with Crippen LogP contribution in [0.15, 0.2) is 41.1 Å². The minimum atomic E-state index is -0.640. The van der Waals surface area contributed by atoms with Crippen LogP contribution in [0.2, 0.25) is 0 Å². The average Bonchev–Trinajstić information content (AvgIpc) is 2.70. The summed E-state index contributed by atoms with van der Waals surface area (Å²) < 4.78 is 13.9. The third kappa shape index (κ3) is 5.34. The number of nitrogens with zero attached hydrogens (tertiary/aromatic N) is 2. The fourth-order valence-corrected chi connectivity index (χ4v) is 3.64. The van der Waals surface area contributed by atoms with Crippen LogP contribution in [0.4, 0.5) is 4.39 Å². The van der Waals surface area contributed by atoms with Crippen LogP contribution in [0.1, 0.15) is 34.3 Å². The van der Waals surface area contributed by atoms with Crippen molar-refractivity contribution in [3.8, 4) is 0 Å². The molecule has 0 bridgehead atoms. The first-order valence-electron chi connectivity index (χ1n) is 9.10. The quantitative estimate of drug-likeness (QED) is 0.675. The highest BCUT2D eigenvalue weighted by molar-refractivity contribution is 9.10. The van der Waals surface area contributed by atoms with E-state index in [-0.39, 0.29) is 12.1 Å². The SMILES string of the molecule is O=C(c1cc(Br)ncc1F)N1CCCC(O)C1.c1ccc2c(c1)CCNC2. The maximum absolute atomic E-state index is 13.5. The molecule has 4 rings (SSSR count). The third-order valence-electron chi connectivity index (χ3n) is 4.74. The summed E-state index contributed by atoms with van der Waals surface area (Å²) >= 11 is 3.10. The largest absolute Gasteiger partial charge is 0.391 e. The molecule has 1 aromatic carbocycles. The van der Waals surface area contributed by atoms with Gasteiger partial charge in [0.25, 0.3) is 5.91 Å². The molecular formula is C20H23BrFN3O2. The third-order valence-corrected chi connectivity index (χ3v) is 5.17. The lowest BCUT2D eigenvalue weighted by Crippen LogP contribution is -2.42. The molecule has 5 nitrogen and oxygen atoms in total. The number of aliphatic hydroxyl groups excluding tert-OH is 1. The number of pyridine rings is 1. The molecule has 27 heavy (non-hydrogen) atoms. The lowest BCUT2D eigenvalue weighted by atomic mass is 10.0. The zero-order chi connectivity index (χ0) is 19.2. The number of likely N-dealkylation sites (tertiary alicyclic amines) is 1. The van der Waals surface area contributed by atoms with E-state index < -0.39 is 17.8 Å². The van der Waals surface area contributed by atoms with Crippen molar-refractivity contribution in [2.45, 2.75) is 31.9 Å². The standard InChI is InChI=1S/C11H12BrFN2O2.C9H11N/c12-10-4-8(9(13)5-14-10)11(17)15-3-1-2-7(16)6-15;1-2-4-9-7-10-6-5-8(9)3-1/h4-5,7,16H,1-3,6H2;1-4,10H,5-7H2. The first kappa shape index (κ1) is 19.9. The van der Waals surface area contributed by atoms with Gasteiger partial charge in [-0.25, -0.2) is 9.37 Å². The van der Waals surface area contributed by atoms with Gasteiger partial charge in [0, 0.05) is 19.6 Å². The van der Waals surface area contributed by atoms with Crippen molar-refractivity contribution in [1.82, 2.24) is 15.2 Å². The van der Waals surface area contributed by atoms with Gasteiger partial charge in [0.05, 0.1) is 17.9 Å². The number of fused-ring (bicyclic) bond motifs is 1. The van der Waals surface area contributed by atoms with Crippen molar-refractivity contribution in [3.05, 3.63) is 63.6 Å². The summed E-state index contributed by atoms with van der Waals surface area (Å²) in [6.07, 6.45) is 3.11. The van der Waals surface area contributed by atoms with E-state index in [4.69, 9.17) is 0 Å². The predicted molar refractivity (Wildman–Crippen MR) is 105 cm³/mol. The minimum absolute atomic E-state index is 0.0130. The molecule has 2 aromatic rings. The Balaban J connectivity index is 0.000000177. The predicted octanol–water partition coefficient (Wildman–Crippen LogP) is 2.91. The number of hydrogen-bond donors (Lipinski definition) is 2. The van der Waals surface area contributed by atoms with Crippen molar-refractivity contribution in [3.63, 3.8) is 0 Å². The Labute approximate surface area is 166 Å². The number of halogens is 2. The van der Waals surface area contributed by atoms with Crippen molar-refractivity contribution < 1.29 is 14.3 Å². The molecule has 0 saturated carbocycles. The summed E-state index contributed by atoms with van der Waals surface area (Å²) in [6.45, 7) is 3.00. The van der Waals surface area contributed by atoms with Gasteiger partial charge in [0.1, 0.15) is 4.60 Å². The van der Waals surface area contributed by atoms with Crippen LogP contribution in [0.5, 0.6) is 0 Å². The van der Waals surface area contributed by atoms with Crippen LogP contribution in [-0.2, 0) is 13.0 Å². The summed E-state index contributed by atoms with van der Waals surface area (Å²) in [7, 11) is 0. The van der Waals surface area contributed by atoms with E-state index in [1.165, 1.54) is 28.5 Å². The number of nitrogens with one attached hydrogen (secondary N) is 1. The fraction of sp³-hybridized carbons (Fsp3) is 0.400. The van der Waals surface area contributed by atoms with Gasteiger partial charge in [-0.05, 0) is 58.9 Å². The fourth-order valence-electron chi connectivity index (χ4n) is 3.31. The molecule has 2 aliphatic rings. The van der Waals surface area contributed by atoms with E-state index >= 15 is 0 Å². The lowest BCUT2D eigenvalue weighted by Gasteiger charge is -2.30. The molecule has 144 valence electrons. The zero-order valence-electron chi connectivity index (χ0n) is 15.0. The Bertz CT molecular complexity index is 778. The van der Waals surface area contributed by atoms with Gasteiger partial charge in [0.15, 0.2) is 5.82 Å². The van der Waals surface area contributed by atoms with Crippen molar-refractivity contribution in [2.75, 3.05) is 19.6 Å². The van der Waals surface area contributed by atoms with E-state index in [2.05, 4.69) is 50.5 Å². The highest BCUT2D eigenvalue weighted by Gasteiger charge is 2.25. The molecule has 2 aliphatic heterocycles. The van der Waals surface area contributed by atoms with E-state index in [0.29, 0.717) is 17.6 Å². The van der Waals surface area contributed by atoms with Crippen LogP contribution < -0.4 is 5.32 Å². The molecule has 3 heterocycles. The number of amides is 1. The number of rotatable bonds is 1. The van der Waals surface area contributed by atoms with Crippen LogP contribution in [0.3, 0.4) is 0 Å². The maximum Gasteiger partial charge on any atom is 0.257 e. The summed E-state index contributed by atoms with van der Waals surface area (Å²) in [5.74, 6) is -1.04. The smallest absolute Gasteiger partial charge is 0.257 e. The molecule has 1 atom stereocenters. The summed E-state index contributed by atoms with van der Waals surface area (Å²) in [5, 5.41) is 12.8. The Hall–Kier alpha value is -1.83. The van der Waals surface area contributed by atoms with Gasteiger partial charge in [0.2, 0.25) is 0 Å². The second-order valence-electron chi connectivity index (χ2n) is 6.73. The first-order chi connectivity index (χ1) is 13.0. The number of benzene rings is 1. The van der Waals surface area contributed by atoms with Gasteiger partial charge in [-0.1, -0.05) is 24.3 Å². The van der Waals surface area contributed by atoms with E-state index in [1.54, 1.807) is 0 Å². The highest BCUT2D eigenvalue weighted by Crippen LogP contribution is 2.18. The number of hydrogen-bond acceptors (Lipinski definition) is 4. The van der Waals surface area contributed by atoms with Gasteiger partial charge < -0.3 is 15.3 Å². The van der Waals surface area contributed by atoms with E-state index in [1.807, 2.05) is 0 Å². The second kappa shape index (κ2) is 9.39. The maximum atomic E-state index is 13.5. The highest BCUT2D eigenvalue weighted by atomic mass is 79.9. The number of carbonyl (C=O) groups is 1. The Morgan fingerprint density at radius 3 is 2.85 bits per heavy atom. The molecule has 1 unspecified atom stereocenters. The van der Waals surface area contributed by atoms with Gasteiger partial charge >= 0.3 is 0 Å². The van der Waals surface area contributed by atoms with Gasteiger partial charge in [-0.2, -0.15) is 0 Å². The summed E-state index contributed by atoms with van der Waals surface area (Å²) in [6, 6.07) is 9.99. The number of piperidine rings is 1. The second-order valence-corrected chi connectivity index (χ2v) is 7.54. The minimum Gasteiger partial charge on any atom is -0.391 e. The monoisotopic (exact) mass is 435 g/mol. The molecule has 1 saturated heterocycles. The van der Waals surface area contributed by atoms with Crippen molar-refractivity contribution in [2.24, 2.45) is 0 Å². The number of aliphatic hydroxyl groups is 1. The number of β-amino-alcohol motifs (C(OH)–C–C–N with tert-alkyl or cyclic N) is 1. The molecule has 1 aromatic heterocycles. The molecule has 0 aliphatic carbocycles. The topological polar surface area (TPSA) is 65.5 Å². The van der Waals surface area contributed by atoms with Gasteiger partial charge in [-0.15, -0.1) is 0 Å². The molecular weight excluding hydrogens is 413 g/mol. The average molecular weight is 436 g/mol. The van der Waals surface area contributed by atoms with Gasteiger partial charge in [-0.3, -0.25) is 4.79 Å². The van der Waals surface area contributed by atoms with Crippen LogP contribution in [0, 0.1) is 5.82 Å². The summed E-state index contributed by atoms with van der Waals surface area (Å²) in [5.41, 5.74) is 2.97. The molecule has 1 amide bonds. The van der Waals surface area contributed by atoms with Crippen molar-refractivity contribution >= 4 is 21.8 Å². The van der Waals surface area contributed by atoms with Crippen LogP contribution in [-0.4, -0.2) is 46.6 Å². The molecule has 1 fully saturated rings. The number of aromatic nitrogens is 1. The van der Waals surface area contributed by atoms with Crippen LogP contribution >= 0.6 is 15.9 Å². The van der Waals surface area contributed by atoms with E-state index in [9.17, 15) is 14.3 Å². The Morgan fingerprint density at radius 1 is 1.33 bits per heavy atom.